The maximum absolute atomic E-state index is 14.0. The molecule has 3 aliphatic heterocycles. The molecule has 4 rings (SSSR count). The third-order valence-corrected chi connectivity index (χ3v) is 9.50. The van der Waals surface area contributed by atoms with E-state index in [4.69, 9.17) is 4.74 Å². The standard InChI is InChI=1S/C26H36N2O5S/c1-6-33-25(32)20-19-9-10-26(34-19)21(20)24(31)28(17(13-29)11-14(2)3)22(26)23(30)27-18-12-15(4)7-8-16(18)5/h7-8,12,14,17,19-22,29H,6,9-11,13H2,1-5H3,(H,27,30)/t17-,19+,20-,21+,22?,26?/m1/s1. The van der Waals surface area contributed by atoms with Crippen LogP contribution < -0.4 is 5.32 Å². The number of ether oxygens (including phenoxy) is 1. The lowest BCUT2D eigenvalue weighted by molar-refractivity contribution is -0.154. The molecule has 1 aromatic carbocycles. The van der Waals surface area contributed by atoms with Crippen LogP contribution in [0.5, 0.6) is 0 Å². The van der Waals surface area contributed by atoms with E-state index in [0.29, 0.717) is 12.8 Å². The van der Waals surface area contributed by atoms with E-state index in [1.807, 2.05) is 45.9 Å². The zero-order valence-corrected chi connectivity index (χ0v) is 21.5. The van der Waals surface area contributed by atoms with Crippen LogP contribution in [0.2, 0.25) is 0 Å². The normalized spacial score (nSPS) is 30.6. The van der Waals surface area contributed by atoms with Gasteiger partial charge in [0.25, 0.3) is 0 Å². The van der Waals surface area contributed by atoms with Crippen molar-refractivity contribution in [1.29, 1.82) is 0 Å². The predicted molar refractivity (Wildman–Crippen MR) is 132 cm³/mol. The van der Waals surface area contributed by atoms with Crippen molar-refractivity contribution in [2.45, 2.75) is 76.0 Å². The second-order valence-electron chi connectivity index (χ2n) is 10.3. The summed E-state index contributed by atoms with van der Waals surface area (Å²) in [6.07, 6.45) is 2.04. The minimum absolute atomic E-state index is 0.0242. The summed E-state index contributed by atoms with van der Waals surface area (Å²) in [5.41, 5.74) is 2.70. The van der Waals surface area contributed by atoms with Crippen LogP contribution in [-0.4, -0.2) is 63.1 Å². The molecule has 7 nitrogen and oxygen atoms in total. The summed E-state index contributed by atoms with van der Waals surface area (Å²) < 4.78 is 4.68. The van der Waals surface area contributed by atoms with Crippen molar-refractivity contribution < 1.29 is 24.2 Å². The highest BCUT2D eigenvalue weighted by Crippen LogP contribution is 2.66. The first-order valence-electron chi connectivity index (χ1n) is 12.3. The first-order valence-corrected chi connectivity index (χ1v) is 13.2. The third-order valence-electron chi connectivity index (χ3n) is 7.54. The van der Waals surface area contributed by atoms with Crippen LogP contribution in [0, 0.1) is 31.6 Å². The van der Waals surface area contributed by atoms with E-state index in [1.165, 1.54) is 0 Å². The van der Waals surface area contributed by atoms with E-state index < -0.39 is 28.7 Å². The summed E-state index contributed by atoms with van der Waals surface area (Å²) in [5, 5.41) is 13.4. The minimum atomic E-state index is -0.754. The number of benzene rings is 1. The zero-order valence-electron chi connectivity index (χ0n) is 20.7. The lowest BCUT2D eigenvalue weighted by atomic mass is 9.71. The van der Waals surface area contributed by atoms with Crippen LogP contribution in [0.3, 0.4) is 0 Å². The number of hydrogen-bond donors (Lipinski definition) is 2. The number of fused-ring (bicyclic) bond motifs is 1. The molecule has 2 unspecified atom stereocenters. The molecule has 2 amide bonds. The van der Waals surface area contributed by atoms with Gasteiger partial charge < -0.3 is 20.1 Å². The van der Waals surface area contributed by atoms with Crippen LogP contribution in [0.15, 0.2) is 18.2 Å². The lowest BCUT2D eigenvalue weighted by Crippen LogP contribution is -2.55. The number of carbonyl (C=O) groups excluding carboxylic acids is 3. The number of nitrogens with one attached hydrogen (secondary N) is 1. The van der Waals surface area contributed by atoms with Crippen molar-refractivity contribution in [2.75, 3.05) is 18.5 Å². The van der Waals surface area contributed by atoms with Gasteiger partial charge in [0.2, 0.25) is 11.8 Å². The number of esters is 1. The molecule has 0 aliphatic carbocycles. The topological polar surface area (TPSA) is 95.9 Å². The molecule has 1 aromatic rings. The lowest BCUT2D eigenvalue weighted by Gasteiger charge is -2.37. The second kappa shape index (κ2) is 9.53. The van der Waals surface area contributed by atoms with Gasteiger partial charge in [0.15, 0.2) is 0 Å². The molecule has 3 saturated heterocycles. The second-order valence-corrected chi connectivity index (χ2v) is 11.9. The van der Waals surface area contributed by atoms with Gasteiger partial charge in [-0.2, -0.15) is 0 Å². The molecule has 1 spiro atoms. The Hall–Kier alpha value is -2.06. The fourth-order valence-electron chi connectivity index (χ4n) is 6.18. The molecule has 3 fully saturated rings. The molecule has 0 radical (unpaired) electrons. The molecular formula is C26H36N2O5S. The van der Waals surface area contributed by atoms with Gasteiger partial charge in [-0.05, 0) is 63.1 Å². The maximum atomic E-state index is 14.0. The Morgan fingerprint density at radius 3 is 2.71 bits per heavy atom. The van der Waals surface area contributed by atoms with Crippen LogP contribution in [0.4, 0.5) is 5.69 Å². The maximum Gasteiger partial charge on any atom is 0.310 e. The van der Waals surface area contributed by atoms with Gasteiger partial charge in [0.1, 0.15) is 6.04 Å². The highest BCUT2D eigenvalue weighted by Gasteiger charge is 2.74. The number of aliphatic hydroxyl groups is 1. The van der Waals surface area contributed by atoms with Gasteiger partial charge in [-0.25, -0.2) is 0 Å². The molecule has 2 bridgehead atoms. The highest BCUT2D eigenvalue weighted by molar-refractivity contribution is 8.02. The van der Waals surface area contributed by atoms with E-state index in [2.05, 4.69) is 5.32 Å². The molecule has 3 heterocycles. The number of hydrogen-bond acceptors (Lipinski definition) is 6. The Morgan fingerprint density at radius 2 is 2.06 bits per heavy atom. The number of thioether (sulfide) groups is 1. The quantitative estimate of drug-likeness (QED) is 0.545. The summed E-state index contributed by atoms with van der Waals surface area (Å²) in [4.78, 5) is 42.5. The SMILES string of the molecule is CCOC(=O)[C@@H]1[C@@H]2CCC3(S2)C(C(=O)Nc2cc(C)ccc2C)N([C@@H](CO)CC(C)C)C(=O)[C@H]13. The van der Waals surface area contributed by atoms with Crippen LogP contribution in [-0.2, 0) is 19.1 Å². The monoisotopic (exact) mass is 488 g/mol. The van der Waals surface area contributed by atoms with Gasteiger partial charge in [-0.15, -0.1) is 11.8 Å². The summed E-state index contributed by atoms with van der Waals surface area (Å²) >= 11 is 1.61. The van der Waals surface area contributed by atoms with Crippen LogP contribution >= 0.6 is 11.8 Å². The number of anilines is 1. The summed E-state index contributed by atoms with van der Waals surface area (Å²) in [5.74, 6) is -1.72. The van der Waals surface area contributed by atoms with E-state index in [1.54, 1.807) is 23.6 Å². The number of aryl methyl sites for hydroxylation is 2. The predicted octanol–water partition coefficient (Wildman–Crippen LogP) is 3.30. The van der Waals surface area contributed by atoms with Crippen molar-refractivity contribution in [3.05, 3.63) is 29.3 Å². The molecule has 0 saturated carbocycles. The third kappa shape index (κ3) is 4.02. The first kappa shape index (κ1) is 25.0. The number of aliphatic hydroxyl groups excluding tert-OH is 1. The molecule has 0 aromatic heterocycles. The van der Waals surface area contributed by atoms with E-state index >= 15 is 0 Å². The van der Waals surface area contributed by atoms with Crippen molar-refractivity contribution in [3.8, 4) is 0 Å². The first-order chi connectivity index (χ1) is 16.1. The number of nitrogens with zero attached hydrogens (tertiary/aromatic N) is 1. The Labute approximate surface area is 206 Å². The van der Waals surface area contributed by atoms with E-state index in [-0.39, 0.29) is 42.2 Å². The van der Waals surface area contributed by atoms with Crippen molar-refractivity contribution in [2.24, 2.45) is 17.8 Å². The number of likely N-dealkylation sites (tertiary alicyclic amines) is 1. The van der Waals surface area contributed by atoms with Gasteiger partial charge in [0.05, 0.1) is 35.8 Å². The van der Waals surface area contributed by atoms with Gasteiger partial charge in [-0.1, -0.05) is 26.0 Å². The summed E-state index contributed by atoms with van der Waals surface area (Å²) in [7, 11) is 0. The van der Waals surface area contributed by atoms with Gasteiger partial charge in [0, 0.05) is 10.9 Å². The highest BCUT2D eigenvalue weighted by atomic mass is 32.2. The van der Waals surface area contributed by atoms with Crippen molar-refractivity contribution in [3.63, 3.8) is 0 Å². The number of carbonyl (C=O) groups is 3. The van der Waals surface area contributed by atoms with Gasteiger partial charge >= 0.3 is 5.97 Å². The number of rotatable bonds is 8. The van der Waals surface area contributed by atoms with Crippen molar-refractivity contribution >= 4 is 35.2 Å². The Balaban J connectivity index is 1.76. The van der Waals surface area contributed by atoms with Gasteiger partial charge in [-0.3, -0.25) is 14.4 Å². The smallest absolute Gasteiger partial charge is 0.310 e. The summed E-state index contributed by atoms with van der Waals surface area (Å²) in [6, 6.07) is 4.65. The fraction of sp³-hybridized carbons (Fsp3) is 0.654. The molecular weight excluding hydrogens is 452 g/mol. The summed E-state index contributed by atoms with van der Waals surface area (Å²) in [6.45, 7) is 9.78. The Morgan fingerprint density at radius 1 is 1.32 bits per heavy atom. The fourth-order valence-corrected chi connectivity index (χ4v) is 8.38. The molecule has 8 heteroatoms. The average Bonchev–Trinajstić information content (AvgIpc) is 3.42. The zero-order chi connectivity index (χ0) is 24.8. The Bertz CT molecular complexity index is 982. The molecule has 34 heavy (non-hydrogen) atoms. The molecule has 186 valence electrons. The average molecular weight is 489 g/mol. The van der Waals surface area contributed by atoms with Crippen LogP contribution in [0.1, 0.15) is 51.2 Å². The largest absolute Gasteiger partial charge is 0.466 e. The van der Waals surface area contributed by atoms with Crippen molar-refractivity contribution in [1.82, 2.24) is 4.90 Å². The molecule has 6 atom stereocenters. The minimum Gasteiger partial charge on any atom is -0.466 e. The number of amides is 2. The van der Waals surface area contributed by atoms with E-state index in [9.17, 15) is 19.5 Å². The van der Waals surface area contributed by atoms with E-state index in [0.717, 1.165) is 23.2 Å². The van der Waals surface area contributed by atoms with Crippen LogP contribution in [0.25, 0.3) is 0 Å². The molecule has 3 aliphatic rings. The Kier molecular flexibility index (Phi) is 7.02. The molecule has 2 N–H and O–H groups in total.